The molecule has 1 atom stereocenters. The van der Waals surface area contributed by atoms with Crippen LogP contribution in [0.1, 0.15) is 54.9 Å². The summed E-state index contributed by atoms with van der Waals surface area (Å²) >= 11 is 0. The highest BCUT2D eigenvalue weighted by molar-refractivity contribution is 7.89. The number of sulfonamides is 1. The first-order chi connectivity index (χ1) is 12.6. The van der Waals surface area contributed by atoms with Crippen LogP contribution >= 0.6 is 0 Å². The molecular weight excluding hydrogens is 368 g/mol. The summed E-state index contributed by atoms with van der Waals surface area (Å²) in [5.41, 5.74) is 1.02. The van der Waals surface area contributed by atoms with Crippen LogP contribution in [0.4, 0.5) is 0 Å². The van der Waals surface area contributed by atoms with Gasteiger partial charge >= 0.3 is 5.97 Å². The number of rotatable bonds is 7. The third kappa shape index (κ3) is 5.07. The van der Waals surface area contributed by atoms with Gasteiger partial charge in [0.25, 0.3) is 5.91 Å². The number of carboxylic acid groups (broad SMARTS) is 1. The topological polar surface area (TPSA) is 95.0 Å². The second-order valence-electron chi connectivity index (χ2n) is 7.16. The summed E-state index contributed by atoms with van der Waals surface area (Å²) in [4.78, 5) is 24.9. The number of amides is 1. The van der Waals surface area contributed by atoms with E-state index in [9.17, 15) is 18.0 Å². The Labute approximate surface area is 161 Å². The highest BCUT2D eigenvalue weighted by Crippen LogP contribution is 2.26. The van der Waals surface area contributed by atoms with E-state index in [4.69, 9.17) is 5.11 Å². The van der Waals surface area contributed by atoms with Gasteiger partial charge in [-0.05, 0) is 50.8 Å². The summed E-state index contributed by atoms with van der Waals surface area (Å²) in [6, 6.07) is 4.59. The number of aliphatic carboxylic acids is 1. The maximum Gasteiger partial charge on any atom is 0.303 e. The number of aryl methyl sites for hydroxylation is 1. The molecule has 1 aromatic rings. The second-order valence-corrected chi connectivity index (χ2v) is 9.05. The molecule has 1 N–H and O–H groups in total. The number of benzene rings is 1. The maximum absolute atomic E-state index is 13.0. The fourth-order valence-electron chi connectivity index (χ4n) is 3.33. The van der Waals surface area contributed by atoms with Gasteiger partial charge in [-0.2, -0.15) is 4.31 Å². The smallest absolute Gasteiger partial charge is 0.303 e. The van der Waals surface area contributed by atoms with Crippen molar-refractivity contribution in [2.75, 3.05) is 20.1 Å². The average Bonchev–Trinajstić information content (AvgIpc) is 2.61. The van der Waals surface area contributed by atoms with E-state index in [1.54, 1.807) is 26.1 Å². The van der Waals surface area contributed by atoms with Crippen molar-refractivity contribution in [3.63, 3.8) is 0 Å². The Kier molecular flexibility index (Phi) is 7.00. The number of carboxylic acids is 1. The Morgan fingerprint density at radius 3 is 2.63 bits per heavy atom. The fraction of sp³-hybridized carbons (Fsp3) is 0.579. The molecule has 1 unspecified atom stereocenters. The molecule has 1 aromatic carbocycles. The highest BCUT2D eigenvalue weighted by atomic mass is 32.2. The van der Waals surface area contributed by atoms with Crippen LogP contribution in [0, 0.1) is 6.92 Å². The SMILES string of the molecule is Cc1ccc(S(=O)(=O)N2CCCCC2C)cc1C(=O)N(C)CCCC(=O)O. The molecule has 0 bridgehead atoms. The van der Waals surface area contributed by atoms with Crippen molar-refractivity contribution < 1.29 is 23.1 Å². The lowest BCUT2D eigenvalue weighted by Crippen LogP contribution is -2.42. The maximum atomic E-state index is 13.0. The van der Waals surface area contributed by atoms with Crippen LogP contribution in [0.3, 0.4) is 0 Å². The Bertz CT molecular complexity index is 806. The summed E-state index contributed by atoms with van der Waals surface area (Å²) in [5.74, 6) is -1.21. The van der Waals surface area contributed by atoms with Crippen LogP contribution in [0.2, 0.25) is 0 Å². The van der Waals surface area contributed by atoms with Crippen molar-refractivity contribution in [1.82, 2.24) is 9.21 Å². The van der Waals surface area contributed by atoms with Crippen LogP contribution in [-0.2, 0) is 14.8 Å². The molecule has 7 nitrogen and oxygen atoms in total. The van der Waals surface area contributed by atoms with Gasteiger partial charge in [-0.15, -0.1) is 0 Å². The van der Waals surface area contributed by atoms with Gasteiger partial charge in [0.2, 0.25) is 10.0 Å². The van der Waals surface area contributed by atoms with E-state index in [0.29, 0.717) is 30.6 Å². The van der Waals surface area contributed by atoms with E-state index < -0.39 is 16.0 Å². The van der Waals surface area contributed by atoms with E-state index in [2.05, 4.69) is 0 Å². The number of hydrogen-bond donors (Lipinski definition) is 1. The van der Waals surface area contributed by atoms with Crippen LogP contribution < -0.4 is 0 Å². The molecule has 2 rings (SSSR count). The standard InChI is InChI=1S/C19H28N2O5S/c1-14-9-10-16(27(25,26)21-12-5-4-7-15(21)2)13-17(14)19(24)20(3)11-6-8-18(22)23/h9-10,13,15H,4-8,11-12H2,1-3H3,(H,22,23). The van der Waals surface area contributed by atoms with Crippen molar-refractivity contribution in [2.24, 2.45) is 0 Å². The number of piperidine rings is 1. The van der Waals surface area contributed by atoms with Gasteiger partial charge in [-0.1, -0.05) is 12.5 Å². The average molecular weight is 397 g/mol. The molecule has 1 heterocycles. The summed E-state index contributed by atoms with van der Waals surface area (Å²) in [7, 11) is -2.06. The second kappa shape index (κ2) is 8.84. The number of nitrogens with zero attached hydrogens (tertiary/aromatic N) is 2. The first kappa shape index (κ1) is 21.4. The molecule has 0 spiro atoms. The van der Waals surface area contributed by atoms with Crippen LogP contribution in [0.25, 0.3) is 0 Å². The molecule has 0 aliphatic carbocycles. The molecule has 1 fully saturated rings. The number of hydrogen-bond acceptors (Lipinski definition) is 4. The molecule has 0 saturated carbocycles. The van der Waals surface area contributed by atoms with Gasteiger partial charge in [-0.25, -0.2) is 8.42 Å². The van der Waals surface area contributed by atoms with Crippen LogP contribution in [0.5, 0.6) is 0 Å². The first-order valence-electron chi connectivity index (χ1n) is 9.24. The lowest BCUT2D eigenvalue weighted by atomic mass is 10.1. The normalized spacial score (nSPS) is 18.3. The molecule has 27 heavy (non-hydrogen) atoms. The van der Waals surface area contributed by atoms with E-state index >= 15 is 0 Å². The van der Waals surface area contributed by atoms with Gasteiger partial charge in [0, 0.05) is 38.2 Å². The molecule has 1 aliphatic heterocycles. The van der Waals surface area contributed by atoms with E-state index in [0.717, 1.165) is 19.3 Å². The molecule has 1 aliphatic rings. The predicted octanol–water partition coefficient (Wildman–Crippen LogP) is 2.49. The van der Waals surface area contributed by atoms with Crippen molar-refractivity contribution in [3.8, 4) is 0 Å². The summed E-state index contributed by atoms with van der Waals surface area (Å²) in [6.45, 7) is 4.46. The zero-order valence-corrected chi connectivity index (χ0v) is 17.0. The highest BCUT2D eigenvalue weighted by Gasteiger charge is 2.31. The zero-order valence-electron chi connectivity index (χ0n) is 16.1. The van der Waals surface area contributed by atoms with Gasteiger partial charge in [0.15, 0.2) is 0 Å². The van der Waals surface area contributed by atoms with Crippen LogP contribution in [-0.4, -0.2) is 60.8 Å². The molecular formula is C19H28N2O5S. The quantitative estimate of drug-likeness (QED) is 0.764. The minimum Gasteiger partial charge on any atom is -0.481 e. The minimum absolute atomic E-state index is 0.0160. The van der Waals surface area contributed by atoms with Crippen molar-refractivity contribution in [3.05, 3.63) is 29.3 Å². The Morgan fingerprint density at radius 1 is 1.30 bits per heavy atom. The number of carbonyl (C=O) groups is 2. The largest absolute Gasteiger partial charge is 0.481 e. The van der Waals surface area contributed by atoms with Crippen molar-refractivity contribution >= 4 is 21.9 Å². The van der Waals surface area contributed by atoms with Crippen LogP contribution in [0.15, 0.2) is 23.1 Å². The molecule has 0 aromatic heterocycles. The fourth-order valence-corrected chi connectivity index (χ4v) is 5.06. The number of carbonyl (C=O) groups excluding carboxylic acids is 1. The monoisotopic (exact) mass is 396 g/mol. The summed E-state index contributed by atoms with van der Waals surface area (Å²) in [5, 5.41) is 8.72. The molecule has 1 saturated heterocycles. The van der Waals surface area contributed by atoms with E-state index in [1.807, 2.05) is 6.92 Å². The minimum atomic E-state index is -3.65. The first-order valence-corrected chi connectivity index (χ1v) is 10.7. The van der Waals surface area contributed by atoms with E-state index in [-0.39, 0.29) is 23.3 Å². The molecule has 150 valence electrons. The lowest BCUT2D eigenvalue weighted by Gasteiger charge is -2.32. The third-order valence-electron chi connectivity index (χ3n) is 5.02. The molecule has 8 heteroatoms. The predicted molar refractivity (Wildman–Crippen MR) is 102 cm³/mol. The zero-order chi connectivity index (χ0) is 20.2. The van der Waals surface area contributed by atoms with Gasteiger partial charge in [0.05, 0.1) is 4.90 Å². The van der Waals surface area contributed by atoms with Gasteiger partial charge < -0.3 is 10.0 Å². The molecule has 0 radical (unpaired) electrons. The Balaban J connectivity index is 2.24. The third-order valence-corrected chi connectivity index (χ3v) is 7.03. The Morgan fingerprint density at radius 2 is 2.00 bits per heavy atom. The van der Waals surface area contributed by atoms with Crippen molar-refractivity contribution in [1.29, 1.82) is 0 Å². The Hall–Kier alpha value is -1.93. The van der Waals surface area contributed by atoms with Crippen molar-refractivity contribution in [2.45, 2.75) is 56.9 Å². The summed E-state index contributed by atoms with van der Waals surface area (Å²) < 4.78 is 27.6. The van der Waals surface area contributed by atoms with Gasteiger partial charge in [-0.3, -0.25) is 9.59 Å². The van der Waals surface area contributed by atoms with E-state index in [1.165, 1.54) is 15.3 Å². The summed E-state index contributed by atoms with van der Waals surface area (Å²) in [6.07, 6.45) is 3.03. The van der Waals surface area contributed by atoms with Gasteiger partial charge in [0.1, 0.15) is 0 Å². The molecule has 1 amide bonds. The lowest BCUT2D eigenvalue weighted by molar-refractivity contribution is -0.137.